The molecule has 0 radical (unpaired) electrons. The largest absolute Gasteiger partial charge is 0.467 e. The van der Waals surface area contributed by atoms with E-state index in [1.165, 1.54) is 7.11 Å². The molecule has 0 N–H and O–H groups in total. The van der Waals surface area contributed by atoms with Gasteiger partial charge in [0.1, 0.15) is 0 Å². The summed E-state index contributed by atoms with van der Waals surface area (Å²) < 4.78 is 9.92. The van der Waals surface area contributed by atoms with Crippen LogP contribution in [0.3, 0.4) is 0 Å². The van der Waals surface area contributed by atoms with Gasteiger partial charge >= 0.3 is 5.97 Å². The number of hydrogen-bond donors (Lipinski definition) is 0. The second kappa shape index (κ2) is 3.22. The Morgan fingerprint density at radius 3 is 2.55 bits per heavy atom. The average molecular weight is 158 g/mol. The lowest BCUT2D eigenvalue weighted by Gasteiger charge is -2.07. The zero-order valence-electron chi connectivity index (χ0n) is 7.16. The molecule has 0 bridgehead atoms. The molecular formula is C8H14O3. The minimum atomic E-state index is -0.329. The zero-order chi connectivity index (χ0) is 8.43. The van der Waals surface area contributed by atoms with E-state index < -0.39 is 0 Å². The summed E-state index contributed by atoms with van der Waals surface area (Å²) in [6.07, 6.45) is 0.637. The summed E-state index contributed by atoms with van der Waals surface area (Å²) in [6, 6.07) is 0. The lowest BCUT2D eigenvalue weighted by Crippen LogP contribution is -2.21. The molecule has 1 fully saturated rings. The third-order valence-corrected chi connectivity index (χ3v) is 2.23. The van der Waals surface area contributed by atoms with Crippen molar-refractivity contribution in [1.82, 2.24) is 0 Å². The van der Waals surface area contributed by atoms with Gasteiger partial charge in [0, 0.05) is 0 Å². The van der Waals surface area contributed by atoms with Crippen LogP contribution in [0.1, 0.15) is 20.3 Å². The van der Waals surface area contributed by atoms with Gasteiger partial charge in [0.25, 0.3) is 0 Å². The Morgan fingerprint density at radius 1 is 1.55 bits per heavy atom. The molecule has 0 aromatic carbocycles. The molecule has 0 aromatic rings. The standard InChI is InChI=1S/C8H14O3/c1-5-4-7(8(9)10-3)11-6(5)2/h5-7H,4H2,1-3H3. The summed E-state index contributed by atoms with van der Waals surface area (Å²) in [5, 5.41) is 0. The Labute approximate surface area is 66.7 Å². The van der Waals surface area contributed by atoms with Crippen LogP contribution >= 0.6 is 0 Å². The smallest absolute Gasteiger partial charge is 0.334 e. The van der Waals surface area contributed by atoms with Crippen molar-refractivity contribution >= 4 is 5.97 Å². The van der Waals surface area contributed by atoms with Crippen LogP contribution in [0.25, 0.3) is 0 Å². The topological polar surface area (TPSA) is 35.5 Å². The first-order chi connectivity index (χ1) is 5.15. The number of carbonyl (C=O) groups is 1. The number of carbonyl (C=O) groups excluding carboxylic acids is 1. The van der Waals surface area contributed by atoms with Gasteiger partial charge in [0.15, 0.2) is 6.10 Å². The SMILES string of the molecule is COC(=O)C1CC(C)C(C)O1. The molecule has 11 heavy (non-hydrogen) atoms. The van der Waals surface area contributed by atoms with Gasteiger partial charge in [-0.15, -0.1) is 0 Å². The molecule has 1 heterocycles. The molecule has 3 nitrogen and oxygen atoms in total. The molecule has 1 aliphatic heterocycles. The Morgan fingerprint density at radius 2 is 2.18 bits per heavy atom. The van der Waals surface area contributed by atoms with Crippen LogP contribution in [0.4, 0.5) is 0 Å². The maximum atomic E-state index is 11.0. The van der Waals surface area contributed by atoms with E-state index in [9.17, 15) is 4.79 Å². The fourth-order valence-corrected chi connectivity index (χ4v) is 1.26. The minimum Gasteiger partial charge on any atom is -0.467 e. The van der Waals surface area contributed by atoms with Crippen molar-refractivity contribution in [2.45, 2.75) is 32.5 Å². The van der Waals surface area contributed by atoms with Crippen molar-refractivity contribution in [2.75, 3.05) is 7.11 Å². The van der Waals surface area contributed by atoms with Crippen molar-refractivity contribution in [2.24, 2.45) is 5.92 Å². The number of esters is 1. The van der Waals surface area contributed by atoms with E-state index in [0.29, 0.717) is 5.92 Å². The van der Waals surface area contributed by atoms with E-state index in [0.717, 1.165) is 6.42 Å². The van der Waals surface area contributed by atoms with Gasteiger partial charge in [-0.3, -0.25) is 0 Å². The summed E-state index contributed by atoms with van der Waals surface area (Å²) in [7, 11) is 1.39. The first-order valence-corrected chi connectivity index (χ1v) is 3.88. The zero-order valence-corrected chi connectivity index (χ0v) is 7.16. The summed E-state index contributed by atoms with van der Waals surface area (Å²) >= 11 is 0. The van der Waals surface area contributed by atoms with Crippen LogP contribution in [-0.2, 0) is 14.3 Å². The van der Waals surface area contributed by atoms with Crippen LogP contribution in [-0.4, -0.2) is 25.3 Å². The van der Waals surface area contributed by atoms with Gasteiger partial charge in [0.2, 0.25) is 0 Å². The first-order valence-electron chi connectivity index (χ1n) is 3.88. The van der Waals surface area contributed by atoms with E-state index in [2.05, 4.69) is 11.7 Å². The number of hydrogen-bond acceptors (Lipinski definition) is 3. The molecule has 3 unspecified atom stereocenters. The fourth-order valence-electron chi connectivity index (χ4n) is 1.26. The molecule has 1 saturated heterocycles. The molecule has 0 spiro atoms. The van der Waals surface area contributed by atoms with Crippen molar-refractivity contribution in [1.29, 1.82) is 0 Å². The maximum absolute atomic E-state index is 11.0. The molecular weight excluding hydrogens is 144 g/mol. The monoisotopic (exact) mass is 158 g/mol. The Balaban J connectivity index is 2.46. The number of methoxy groups -OCH3 is 1. The molecule has 0 aliphatic carbocycles. The highest BCUT2D eigenvalue weighted by Gasteiger charge is 2.34. The fraction of sp³-hybridized carbons (Fsp3) is 0.875. The molecule has 1 rings (SSSR count). The maximum Gasteiger partial charge on any atom is 0.334 e. The van der Waals surface area contributed by atoms with Crippen molar-refractivity contribution in [3.8, 4) is 0 Å². The van der Waals surface area contributed by atoms with Gasteiger partial charge in [0.05, 0.1) is 13.2 Å². The van der Waals surface area contributed by atoms with Gasteiger partial charge in [-0.05, 0) is 19.3 Å². The van der Waals surface area contributed by atoms with Crippen LogP contribution in [0.5, 0.6) is 0 Å². The van der Waals surface area contributed by atoms with Crippen molar-refractivity contribution < 1.29 is 14.3 Å². The summed E-state index contributed by atoms with van der Waals surface area (Å²) in [4.78, 5) is 11.0. The molecule has 0 saturated carbocycles. The van der Waals surface area contributed by atoms with E-state index in [1.807, 2.05) is 6.92 Å². The Bertz CT molecular complexity index is 145. The van der Waals surface area contributed by atoms with Gasteiger partial charge < -0.3 is 9.47 Å². The van der Waals surface area contributed by atoms with Crippen LogP contribution in [0.2, 0.25) is 0 Å². The van der Waals surface area contributed by atoms with Crippen LogP contribution < -0.4 is 0 Å². The highest BCUT2D eigenvalue weighted by Crippen LogP contribution is 2.25. The van der Waals surface area contributed by atoms with E-state index >= 15 is 0 Å². The van der Waals surface area contributed by atoms with Gasteiger partial charge in [-0.1, -0.05) is 6.92 Å². The highest BCUT2D eigenvalue weighted by atomic mass is 16.6. The lowest BCUT2D eigenvalue weighted by molar-refractivity contribution is -0.152. The Kier molecular flexibility index (Phi) is 2.49. The van der Waals surface area contributed by atoms with E-state index in [-0.39, 0.29) is 18.2 Å². The molecule has 3 atom stereocenters. The molecule has 3 heteroatoms. The average Bonchev–Trinajstić information content (AvgIpc) is 2.31. The normalized spacial score (nSPS) is 37.2. The third kappa shape index (κ3) is 1.71. The number of ether oxygens (including phenoxy) is 2. The van der Waals surface area contributed by atoms with Crippen LogP contribution in [0, 0.1) is 5.92 Å². The van der Waals surface area contributed by atoms with Crippen molar-refractivity contribution in [3.63, 3.8) is 0 Å². The quantitative estimate of drug-likeness (QED) is 0.533. The summed E-state index contributed by atoms with van der Waals surface area (Å²) in [5.74, 6) is 0.209. The predicted octanol–water partition coefficient (Wildman–Crippen LogP) is 0.973. The molecule has 1 aliphatic rings. The van der Waals surface area contributed by atoms with E-state index in [4.69, 9.17) is 4.74 Å². The number of rotatable bonds is 1. The lowest BCUT2D eigenvalue weighted by atomic mass is 10.0. The molecule has 0 aromatic heterocycles. The highest BCUT2D eigenvalue weighted by molar-refractivity contribution is 5.74. The second-order valence-electron chi connectivity index (χ2n) is 3.07. The summed E-state index contributed by atoms with van der Waals surface area (Å²) in [6.45, 7) is 4.06. The van der Waals surface area contributed by atoms with Gasteiger partial charge in [-0.25, -0.2) is 4.79 Å². The van der Waals surface area contributed by atoms with E-state index in [1.54, 1.807) is 0 Å². The van der Waals surface area contributed by atoms with Crippen LogP contribution in [0.15, 0.2) is 0 Å². The predicted molar refractivity (Wildman–Crippen MR) is 40.1 cm³/mol. The van der Waals surface area contributed by atoms with Gasteiger partial charge in [-0.2, -0.15) is 0 Å². The second-order valence-corrected chi connectivity index (χ2v) is 3.07. The van der Waals surface area contributed by atoms with Crippen molar-refractivity contribution in [3.05, 3.63) is 0 Å². The molecule has 0 amide bonds. The minimum absolute atomic E-state index is 0.180. The third-order valence-electron chi connectivity index (χ3n) is 2.23. The molecule has 64 valence electrons. The Hall–Kier alpha value is -0.570. The summed E-state index contributed by atoms with van der Waals surface area (Å²) in [5.41, 5.74) is 0. The first kappa shape index (κ1) is 8.53.